The predicted molar refractivity (Wildman–Crippen MR) is 130 cm³/mol. The van der Waals surface area contributed by atoms with Crippen LogP contribution in [0.15, 0.2) is 60.0 Å². The van der Waals surface area contributed by atoms with Gasteiger partial charge in [0.1, 0.15) is 17.9 Å². The molecule has 0 saturated heterocycles. The first-order valence-corrected chi connectivity index (χ1v) is 10.9. The first kappa shape index (κ1) is 24.5. The highest BCUT2D eigenvalue weighted by atomic mass is 19.1. The van der Waals surface area contributed by atoms with E-state index in [0.717, 1.165) is 5.56 Å². The number of nitrogens with zero attached hydrogens (tertiary/aromatic N) is 3. The van der Waals surface area contributed by atoms with Crippen LogP contribution >= 0.6 is 0 Å². The third kappa shape index (κ3) is 5.35. The summed E-state index contributed by atoms with van der Waals surface area (Å²) in [7, 11) is 2.72. The molecule has 0 aliphatic heterocycles. The van der Waals surface area contributed by atoms with Gasteiger partial charge < -0.3 is 24.5 Å². The van der Waals surface area contributed by atoms with Crippen molar-refractivity contribution in [1.82, 2.24) is 25.1 Å². The minimum atomic E-state index is -0.449. The van der Waals surface area contributed by atoms with Gasteiger partial charge >= 0.3 is 5.97 Å². The molecule has 0 spiro atoms. The minimum Gasteiger partial charge on any atom is -0.494 e. The van der Waals surface area contributed by atoms with E-state index in [-0.39, 0.29) is 23.7 Å². The first-order chi connectivity index (χ1) is 17.4. The van der Waals surface area contributed by atoms with Crippen molar-refractivity contribution < 1.29 is 23.4 Å². The van der Waals surface area contributed by atoms with Gasteiger partial charge in [0.15, 0.2) is 22.9 Å². The van der Waals surface area contributed by atoms with E-state index in [1.807, 2.05) is 0 Å². The van der Waals surface area contributed by atoms with Crippen LogP contribution in [0.3, 0.4) is 0 Å². The van der Waals surface area contributed by atoms with Crippen molar-refractivity contribution in [2.45, 2.75) is 13.1 Å². The smallest absolute Gasteiger partial charge is 0.337 e. The number of benzene rings is 2. The molecule has 0 aliphatic rings. The second-order valence-electron chi connectivity index (χ2n) is 7.68. The van der Waals surface area contributed by atoms with Crippen LogP contribution in [0.4, 0.5) is 4.39 Å². The van der Waals surface area contributed by atoms with Gasteiger partial charge in [-0.1, -0.05) is 12.6 Å². The van der Waals surface area contributed by atoms with Crippen LogP contribution in [-0.4, -0.2) is 46.5 Å². The van der Waals surface area contributed by atoms with E-state index in [1.165, 1.54) is 31.2 Å². The molecular formula is C25H24FN5O5. The van der Waals surface area contributed by atoms with Crippen LogP contribution in [0.5, 0.6) is 11.5 Å². The lowest BCUT2D eigenvalue weighted by atomic mass is 10.2. The summed E-state index contributed by atoms with van der Waals surface area (Å²) in [5, 5.41) is 7.32. The van der Waals surface area contributed by atoms with Crippen molar-refractivity contribution in [1.29, 1.82) is 0 Å². The van der Waals surface area contributed by atoms with Gasteiger partial charge in [-0.3, -0.25) is 9.48 Å². The van der Waals surface area contributed by atoms with Crippen molar-refractivity contribution in [3.63, 3.8) is 0 Å². The maximum atomic E-state index is 13.6. The molecule has 0 radical (unpaired) electrons. The van der Waals surface area contributed by atoms with Crippen LogP contribution in [0.25, 0.3) is 16.7 Å². The lowest BCUT2D eigenvalue weighted by molar-refractivity contribution is 0.0600. The normalized spacial score (nSPS) is 10.8. The number of fused-ring (bicyclic) bond motifs is 1. The number of carbonyl (C=O) groups excluding carboxylic acids is 1. The van der Waals surface area contributed by atoms with E-state index in [2.05, 4.69) is 31.7 Å². The van der Waals surface area contributed by atoms with Crippen molar-refractivity contribution in [3.05, 3.63) is 88.4 Å². The van der Waals surface area contributed by atoms with E-state index in [4.69, 9.17) is 9.47 Å². The fraction of sp³-hybridized carbons (Fsp3) is 0.200. The largest absolute Gasteiger partial charge is 0.494 e. The molecule has 4 rings (SSSR count). The number of esters is 1. The summed E-state index contributed by atoms with van der Waals surface area (Å²) in [6.45, 7) is 4.81. The topological polar surface area (TPSA) is 120 Å². The van der Waals surface area contributed by atoms with E-state index in [9.17, 15) is 14.0 Å². The quantitative estimate of drug-likeness (QED) is 0.324. The molecule has 2 N–H and O–H groups in total. The Morgan fingerprint density at radius 1 is 1.19 bits per heavy atom. The van der Waals surface area contributed by atoms with Gasteiger partial charge in [-0.15, -0.1) is 0 Å². The Balaban J connectivity index is 1.39. The Bertz CT molecular complexity index is 1460. The lowest BCUT2D eigenvalue weighted by Gasteiger charge is -2.11. The lowest BCUT2D eigenvalue weighted by Crippen LogP contribution is -2.20. The van der Waals surface area contributed by atoms with Crippen LogP contribution in [0.1, 0.15) is 21.7 Å². The summed E-state index contributed by atoms with van der Waals surface area (Å²) < 4.78 is 30.5. The summed E-state index contributed by atoms with van der Waals surface area (Å²) >= 11 is 0. The summed E-state index contributed by atoms with van der Waals surface area (Å²) in [4.78, 5) is 31.5. The van der Waals surface area contributed by atoms with Crippen LogP contribution in [-0.2, 0) is 17.8 Å². The summed E-state index contributed by atoms with van der Waals surface area (Å²) in [6.07, 6.45) is 1.50. The first-order valence-electron chi connectivity index (χ1n) is 10.9. The molecule has 0 amide bonds. The Labute approximate surface area is 205 Å². The van der Waals surface area contributed by atoms with Crippen LogP contribution in [0, 0.1) is 5.82 Å². The van der Waals surface area contributed by atoms with Crippen molar-refractivity contribution in [3.8, 4) is 11.5 Å². The molecule has 11 heteroatoms. The molecule has 10 nitrogen and oxygen atoms in total. The van der Waals surface area contributed by atoms with Crippen molar-refractivity contribution in [2.24, 2.45) is 0 Å². The Morgan fingerprint density at radius 2 is 1.97 bits per heavy atom. The molecule has 2 aromatic carbocycles. The zero-order valence-electron chi connectivity index (χ0n) is 19.7. The van der Waals surface area contributed by atoms with E-state index in [0.29, 0.717) is 41.1 Å². The fourth-order valence-electron chi connectivity index (χ4n) is 3.48. The highest BCUT2D eigenvalue weighted by Gasteiger charge is 2.13. The number of aromatic amines is 1. The van der Waals surface area contributed by atoms with Gasteiger partial charge in [0.25, 0.3) is 5.56 Å². The molecular weight excluding hydrogens is 469 g/mol. The Morgan fingerprint density at radius 3 is 2.69 bits per heavy atom. The van der Waals surface area contributed by atoms with Crippen molar-refractivity contribution >= 4 is 22.7 Å². The number of hydrogen-bond acceptors (Lipinski definition) is 8. The van der Waals surface area contributed by atoms with Gasteiger partial charge in [0.05, 0.1) is 38.2 Å². The number of ether oxygens (including phenoxy) is 3. The average molecular weight is 493 g/mol. The van der Waals surface area contributed by atoms with E-state index >= 15 is 0 Å². The van der Waals surface area contributed by atoms with E-state index in [1.54, 1.807) is 36.4 Å². The molecule has 0 unspecified atom stereocenters. The highest BCUT2D eigenvalue weighted by Crippen LogP contribution is 2.19. The predicted octanol–water partition coefficient (Wildman–Crippen LogP) is 2.89. The summed E-state index contributed by atoms with van der Waals surface area (Å²) in [5.41, 5.74) is 1.92. The number of H-pyrrole nitrogens is 1. The number of nitrogens with one attached hydrogen (secondary N) is 2. The summed E-state index contributed by atoms with van der Waals surface area (Å²) in [6, 6.07) is 11.1. The maximum absolute atomic E-state index is 13.6. The average Bonchev–Trinajstić information content (AvgIpc) is 3.31. The number of carbonyl (C=O) groups is 1. The third-order valence-electron chi connectivity index (χ3n) is 5.35. The molecule has 0 fully saturated rings. The molecule has 2 aromatic heterocycles. The Hall–Kier alpha value is -4.67. The summed E-state index contributed by atoms with van der Waals surface area (Å²) in [5.74, 6) is 0.0970. The second kappa shape index (κ2) is 10.7. The zero-order chi connectivity index (χ0) is 25.7. The third-order valence-corrected chi connectivity index (χ3v) is 5.35. The molecule has 0 aliphatic carbocycles. The SMILES string of the molecule is C=C(NCc1ccc(F)c(OC)c1)c1nc2cnn(CCOc3ccc(C(=O)OC)cc3)c2c(=O)[nH]1. The van der Waals surface area contributed by atoms with Gasteiger partial charge in [0, 0.05) is 6.54 Å². The molecule has 0 atom stereocenters. The Kier molecular flexibility index (Phi) is 7.28. The maximum Gasteiger partial charge on any atom is 0.337 e. The van der Waals surface area contributed by atoms with Gasteiger partial charge in [0.2, 0.25) is 0 Å². The number of hydrogen-bond donors (Lipinski definition) is 2. The molecule has 0 bridgehead atoms. The molecule has 36 heavy (non-hydrogen) atoms. The fourth-order valence-corrected chi connectivity index (χ4v) is 3.48. The number of methoxy groups -OCH3 is 2. The standard InChI is InChI=1S/C25H24FN5O5/c1-15(27-13-16-4-9-19(26)21(12-16)34-2)23-29-20-14-28-31(22(20)24(32)30-23)10-11-36-18-7-5-17(6-8-18)25(33)35-3/h4-9,12,14,27H,1,10-11,13H2,2-3H3,(H,29,30,32). The molecule has 186 valence electrons. The van der Waals surface area contributed by atoms with Gasteiger partial charge in [-0.25, -0.2) is 14.2 Å². The zero-order valence-corrected chi connectivity index (χ0v) is 19.7. The van der Waals surface area contributed by atoms with E-state index < -0.39 is 11.8 Å². The number of aromatic nitrogens is 4. The van der Waals surface area contributed by atoms with Gasteiger partial charge in [-0.05, 0) is 42.0 Å². The van der Waals surface area contributed by atoms with Crippen LogP contribution in [0.2, 0.25) is 0 Å². The van der Waals surface area contributed by atoms with Gasteiger partial charge in [-0.2, -0.15) is 5.10 Å². The van der Waals surface area contributed by atoms with Crippen molar-refractivity contribution in [2.75, 3.05) is 20.8 Å². The number of halogens is 1. The monoisotopic (exact) mass is 493 g/mol. The second-order valence-corrected chi connectivity index (χ2v) is 7.68. The molecule has 0 saturated carbocycles. The minimum absolute atomic E-state index is 0.141. The highest BCUT2D eigenvalue weighted by molar-refractivity contribution is 5.89. The van der Waals surface area contributed by atoms with Crippen LogP contribution < -0.4 is 20.3 Å². The molecule has 2 heterocycles. The molecule has 4 aromatic rings. The number of rotatable bonds is 10.